The number of para-hydroxylation sites is 2. The zero-order chi connectivity index (χ0) is 15.6. The maximum Gasteiger partial charge on any atom is 0.110 e. The first-order valence-electron chi connectivity index (χ1n) is 8.27. The Hall–Kier alpha value is -2.61. The number of hydrogen-bond acceptors (Lipinski definition) is 1. The minimum Gasteiger partial charge on any atom is -0.323 e. The fraction of sp³-hybridized carbons (Fsp3) is 0.190. The number of benzene rings is 3. The molecule has 0 aliphatic heterocycles. The van der Waals surface area contributed by atoms with Gasteiger partial charge in [0.1, 0.15) is 5.82 Å². The van der Waals surface area contributed by atoms with E-state index in [1.807, 2.05) is 0 Å². The van der Waals surface area contributed by atoms with Crippen LogP contribution in [0.2, 0.25) is 0 Å². The summed E-state index contributed by atoms with van der Waals surface area (Å²) in [4.78, 5) is 4.82. The molecule has 4 rings (SSSR count). The summed E-state index contributed by atoms with van der Waals surface area (Å²) in [5.41, 5.74) is 3.64. The average Bonchev–Trinajstić information content (AvgIpc) is 2.93. The maximum absolute atomic E-state index is 4.82. The Kier molecular flexibility index (Phi) is 3.58. The van der Waals surface area contributed by atoms with Gasteiger partial charge in [-0.2, -0.15) is 0 Å². The van der Waals surface area contributed by atoms with Crippen LogP contribution >= 0.6 is 0 Å². The molecule has 0 bridgehead atoms. The van der Waals surface area contributed by atoms with Crippen molar-refractivity contribution in [2.45, 2.75) is 26.3 Å². The van der Waals surface area contributed by atoms with Crippen LogP contribution in [0.5, 0.6) is 0 Å². The highest BCUT2D eigenvalue weighted by molar-refractivity contribution is 5.83. The Morgan fingerprint density at radius 1 is 0.870 bits per heavy atom. The van der Waals surface area contributed by atoms with E-state index in [4.69, 9.17) is 4.98 Å². The summed E-state index contributed by atoms with van der Waals surface area (Å²) in [5, 5.41) is 2.59. The zero-order valence-electron chi connectivity index (χ0n) is 13.4. The van der Waals surface area contributed by atoms with Gasteiger partial charge in [0.15, 0.2) is 0 Å². The second-order valence-electron chi connectivity index (χ2n) is 6.03. The van der Waals surface area contributed by atoms with Gasteiger partial charge in [0.05, 0.1) is 11.0 Å². The van der Waals surface area contributed by atoms with Crippen LogP contribution in [0.25, 0.3) is 21.8 Å². The molecule has 0 radical (unpaired) electrons. The minimum atomic E-state index is 0.876. The molecule has 0 aliphatic rings. The summed E-state index contributed by atoms with van der Waals surface area (Å²) >= 11 is 0. The van der Waals surface area contributed by atoms with Crippen LogP contribution < -0.4 is 0 Å². The SMILES string of the molecule is CCCc1nc2ccccc2n1Cc1ccc2ccccc2c1. The Morgan fingerprint density at radius 3 is 2.52 bits per heavy atom. The predicted octanol–water partition coefficient (Wildman–Crippen LogP) is 5.19. The summed E-state index contributed by atoms with van der Waals surface area (Å²) in [6, 6.07) is 23.7. The molecule has 0 aliphatic carbocycles. The summed E-state index contributed by atoms with van der Waals surface area (Å²) < 4.78 is 2.36. The second-order valence-corrected chi connectivity index (χ2v) is 6.03. The van der Waals surface area contributed by atoms with E-state index in [0.717, 1.165) is 24.9 Å². The quantitative estimate of drug-likeness (QED) is 0.507. The number of aromatic nitrogens is 2. The fourth-order valence-electron chi connectivity index (χ4n) is 3.24. The van der Waals surface area contributed by atoms with Gasteiger partial charge in [0, 0.05) is 13.0 Å². The summed E-state index contributed by atoms with van der Waals surface area (Å²) in [5.74, 6) is 1.18. The van der Waals surface area contributed by atoms with E-state index in [-0.39, 0.29) is 0 Å². The van der Waals surface area contributed by atoms with E-state index in [1.165, 1.54) is 27.7 Å². The number of fused-ring (bicyclic) bond motifs is 2. The molecule has 2 nitrogen and oxygen atoms in total. The zero-order valence-corrected chi connectivity index (χ0v) is 13.4. The second kappa shape index (κ2) is 5.88. The third kappa shape index (κ3) is 2.61. The van der Waals surface area contributed by atoms with Crippen LogP contribution in [0.15, 0.2) is 66.7 Å². The topological polar surface area (TPSA) is 17.8 Å². The molecule has 0 amide bonds. The van der Waals surface area contributed by atoms with Crippen molar-refractivity contribution in [3.63, 3.8) is 0 Å². The lowest BCUT2D eigenvalue weighted by molar-refractivity contribution is 0.722. The largest absolute Gasteiger partial charge is 0.323 e. The molecule has 0 spiro atoms. The van der Waals surface area contributed by atoms with Gasteiger partial charge in [-0.05, 0) is 41.0 Å². The van der Waals surface area contributed by atoms with Crippen molar-refractivity contribution in [2.24, 2.45) is 0 Å². The molecule has 4 aromatic rings. The number of hydrogen-bond donors (Lipinski definition) is 0. The molecule has 0 saturated heterocycles. The van der Waals surface area contributed by atoms with Crippen LogP contribution in [-0.2, 0) is 13.0 Å². The predicted molar refractivity (Wildman–Crippen MR) is 96.8 cm³/mol. The molecule has 0 N–H and O–H groups in total. The molecule has 2 heteroatoms. The molecule has 0 fully saturated rings. The lowest BCUT2D eigenvalue weighted by Crippen LogP contribution is -2.05. The molecule has 3 aromatic carbocycles. The number of aryl methyl sites for hydroxylation is 1. The van der Waals surface area contributed by atoms with Gasteiger partial charge in [0.2, 0.25) is 0 Å². The average molecular weight is 300 g/mol. The summed E-state index contributed by atoms with van der Waals surface area (Å²) in [7, 11) is 0. The molecular weight excluding hydrogens is 280 g/mol. The highest BCUT2D eigenvalue weighted by Crippen LogP contribution is 2.21. The van der Waals surface area contributed by atoms with Crippen LogP contribution in [0, 0.1) is 0 Å². The summed E-state index contributed by atoms with van der Waals surface area (Å²) in [6.07, 6.45) is 2.13. The van der Waals surface area contributed by atoms with E-state index in [9.17, 15) is 0 Å². The first-order chi connectivity index (χ1) is 11.3. The molecular formula is C21H20N2. The van der Waals surface area contributed by atoms with E-state index < -0.39 is 0 Å². The molecule has 0 saturated carbocycles. The first-order valence-corrected chi connectivity index (χ1v) is 8.27. The van der Waals surface area contributed by atoms with Crippen molar-refractivity contribution < 1.29 is 0 Å². The van der Waals surface area contributed by atoms with Gasteiger partial charge in [-0.25, -0.2) is 4.98 Å². The molecule has 1 heterocycles. The Bertz CT molecular complexity index is 966. The van der Waals surface area contributed by atoms with Gasteiger partial charge in [-0.1, -0.05) is 55.5 Å². The Morgan fingerprint density at radius 2 is 1.65 bits per heavy atom. The van der Waals surface area contributed by atoms with Crippen LogP contribution in [0.3, 0.4) is 0 Å². The van der Waals surface area contributed by atoms with Crippen molar-refractivity contribution in [1.29, 1.82) is 0 Å². The monoisotopic (exact) mass is 300 g/mol. The molecule has 0 atom stereocenters. The van der Waals surface area contributed by atoms with Crippen LogP contribution in [0.4, 0.5) is 0 Å². The number of imidazole rings is 1. The highest BCUT2D eigenvalue weighted by atomic mass is 15.1. The third-order valence-electron chi connectivity index (χ3n) is 4.36. The van der Waals surface area contributed by atoms with Gasteiger partial charge >= 0.3 is 0 Å². The standard InChI is InChI=1S/C21H20N2/c1-2-7-21-22-19-10-5-6-11-20(19)23(21)15-16-12-13-17-8-3-4-9-18(17)14-16/h3-6,8-14H,2,7,15H2,1H3. The highest BCUT2D eigenvalue weighted by Gasteiger charge is 2.10. The van der Waals surface area contributed by atoms with Gasteiger partial charge in [-0.3, -0.25) is 0 Å². The lowest BCUT2D eigenvalue weighted by atomic mass is 10.1. The van der Waals surface area contributed by atoms with Gasteiger partial charge in [0.25, 0.3) is 0 Å². The van der Waals surface area contributed by atoms with Crippen molar-refractivity contribution in [3.05, 3.63) is 78.1 Å². The maximum atomic E-state index is 4.82. The van der Waals surface area contributed by atoms with Crippen molar-refractivity contribution in [3.8, 4) is 0 Å². The van der Waals surface area contributed by atoms with E-state index >= 15 is 0 Å². The van der Waals surface area contributed by atoms with Crippen LogP contribution in [0.1, 0.15) is 24.7 Å². The van der Waals surface area contributed by atoms with Crippen molar-refractivity contribution >= 4 is 21.8 Å². The third-order valence-corrected chi connectivity index (χ3v) is 4.36. The van der Waals surface area contributed by atoms with Crippen molar-refractivity contribution in [2.75, 3.05) is 0 Å². The normalized spacial score (nSPS) is 11.3. The Balaban J connectivity index is 1.79. The summed E-state index contributed by atoms with van der Waals surface area (Å²) in [6.45, 7) is 3.08. The smallest absolute Gasteiger partial charge is 0.110 e. The molecule has 23 heavy (non-hydrogen) atoms. The fourth-order valence-corrected chi connectivity index (χ4v) is 3.24. The molecule has 0 unspecified atom stereocenters. The number of nitrogens with zero attached hydrogens (tertiary/aromatic N) is 2. The van der Waals surface area contributed by atoms with Crippen LogP contribution in [-0.4, -0.2) is 9.55 Å². The first kappa shape index (κ1) is 14.0. The Labute approximate surface area is 136 Å². The molecule has 1 aromatic heterocycles. The molecule has 114 valence electrons. The van der Waals surface area contributed by atoms with Gasteiger partial charge < -0.3 is 4.57 Å². The van der Waals surface area contributed by atoms with E-state index in [0.29, 0.717) is 0 Å². The number of rotatable bonds is 4. The van der Waals surface area contributed by atoms with Crippen molar-refractivity contribution in [1.82, 2.24) is 9.55 Å². The van der Waals surface area contributed by atoms with Gasteiger partial charge in [-0.15, -0.1) is 0 Å². The minimum absolute atomic E-state index is 0.876. The lowest BCUT2D eigenvalue weighted by Gasteiger charge is -2.10. The van der Waals surface area contributed by atoms with E-state index in [2.05, 4.69) is 78.2 Å². The van der Waals surface area contributed by atoms with E-state index in [1.54, 1.807) is 0 Å².